The number of sulfonamides is 1. The summed E-state index contributed by atoms with van der Waals surface area (Å²) >= 11 is 0. The van der Waals surface area contributed by atoms with E-state index in [1.807, 2.05) is 18.2 Å². The fraction of sp³-hybridized carbons (Fsp3) is 0.273. The lowest BCUT2D eigenvalue weighted by atomic mass is 10.00. The first kappa shape index (κ1) is 18.9. The Balaban J connectivity index is 1.44. The number of rotatable bonds is 3. The van der Waals surface area contributed by atoms with Gasteiger partial charge in [0.25, 0.3) is 11.5 Å². The highest BCUT2D eigenvalue weighted by Gasteiger charge is 2.28. The van der Waals surface area contributed by atoms with Gasteiger partial charge in [-0.1, -0.05) is 18.2 Å². The van der Waals surface area contributed by atoms with Crippen LogP contribution >= 0.6 is 0 Å². The van der Waals surface area contributed by atoms with Crippen LogP contribution in [0, 0.1) is 0 Å². The van der Waals surface area contributed by atoms with Crippen molar-refractivity contribution >= 4 is 38.2 Å². The van der Waals surface area contributed by atoms with Gasteiger partial charge in [0, 0.05) is 18.8 Å². The molecule has 5 rings (SSSR count). The van der Waals surface area contributed by atoms with Crippen LogP contribution in [0.4, 0.5) is 11.4 Å². The van der Waals surface area contributed by atoms with Gasteiger partial charge in [0.1, 0.15) is 5.56 Å². The Labute approximate surface area is 174 Å². The van der Waals surface area contributed by atoms with Crippen LogP contribution in [-0.2, 0) is 23.0 Å². The SMILES string of the molecule is O=C(Nc1ccc(N2CCCS2(=O)=O)cc1)c1cc2cccc3c2n(c1=O)CCC3. The number of nitrogens with one attached hydrogen (secondary N) is 1. The van der Waals surface area contributed by atoms with Crippen LogP contribution in [0.5, 0.6) is 0 Å². The number of amides is 1. The number of aromatic nitrogens is 1. The van der Waals surface area contributed by atoms with E-state index in [1.54, 1.807) is 34.9 Å². The van der Waals surface area contributed by atoms with E-state index in [2.05, 4.69) is 5.32 Å². The van der Waals surface area contributed by atoms with Crippen molar-refractivity contribution in [1.29, 1.82) is 0 Å². The van der Waals surface area contributed by atoms with Crippen molar-refractivity contribution in [3.8, 4) is 0 Å². The summed E-state index contributed by atoms with van der Waals surface area (Å²) in [7, 11) is -3.25. The highest BCUT2D eigenvalue weighted by atomic mass is 32.2. The first-order chi connectivity index (χ1) is 14.4. The lowest BCUT2D eigenvalue weighted by Crippen LogP contribution is -2.31. The zero-order chi connectivity index (χ0) is 20.9. The zero-order valence-electron chi connectivity index (χ0n) is 16.3. The first-order valence-electron chi connectivity index (χ1n) is 10.0. The molecule has 8 heteroatoms. The van der Waals surface area contributed by atoms with Crippen molar-refractivity contribution in [1.82, 2.24) is 4.57 Å². The molecule has 0 radical (unpaired) electrons. The molecule has 1 amide bonds. The number of pyridine rings is 1. The molecule has 1 saturated heterocycles. The molecule has 7 nitrogen and oxygen atoms in total. The van der Waals surface area contributed by atoms with E-state index < -0.39 is 15.9 Å². The molecule has 2 aromatic carbocycles. The second kappa shape index (κ2) is 6.98. The van der Waals surface area contributed by atoms with Gasteiger partial charge in [-0.05, 0) is 60.5 Å². The van der Waals surface area contributed by atoms with Gasteiger partial charge in [-0.2, -0.15) is 0 Å². The fourth-order valence-electron chi connectivity index (χ4n) is 4.37. The molecule has 2 aliphatic heterocycles. The molecule has 3 heterocycles. The summed E-state index contributed by atoms with van der Waals surface area (Å²) in [5, 5.41) is 3.65. The number of anilines is 2. The molecule has 1 N–H and O–H groups in total. The number of aryl methyl sites for hydroxylation is 2. The van der Waals surface area contributed by atoms with Gasteiger partial charge in [0.15, 0.2) is 0 Å². The van der Waals surface area contributed by atoms with Crippen molar-refractivity contribution in [2.24, 2.45) is 0 Å². The number of hydrogen-bond acceptors (Lipinski definition) is 4. The van der Waals surface area contributed by atoms with Crippen LogP contribution in [0.3, 0.4) is 0 Å². The highest BCUT2D eigenvalue weighted by Crippen LogP contribution is 2.26. The molecule has 0 unspecified atom stereocenters. The van der Waals surface area contributed by atoms with Gasteiger partial charge < -0.3 is 9.88 Å². The largest absolute Gasteiger partial charge is 0.322 e. The molecule has 1 fully saturated rings. The fourth-order valence-corrected chi connectivity index (χ4v) is 5.93. The molecule has 1 aromatic heterocycles. The minimum atomic E-state index is -3.25. The lowest BCUT2D eigenvalue weighted by Gasteiger charge is -2.20. The molecule has 3 aromatic rings. The van der Waals surface area contributed by atoms with Crippen molar-refractivity contribution in [3.05, 3.63) is 70.0 Å². The van der Waals surface area contributed by atoms with E-state index in [4.69, 9.17) is 0 Å². The Kier molecular flexibility index (Phi) is 4.39. The van der Waals surface area contributed by atoms with E-state index in [0.717, 1.165) is 29.3 Å². The summed E-state index contributed by atoms with van der Waals surface area (Å²) in [4.78, 5) is 25.8. The number of carbonyl (C=O) groups is 1. The minimum absolute atomic E-state index is 0.104. The number of nitrogens with zero attached hydrogens (tertiary/aromatic N) is 2. The Morgan fingerprint density at radius 2 is 1.80 bits per heavy atom. The third kappa shape index (κ3) is 3.08. The summed E-state index contributed by atoms with van der Waals surface area (Å²) in [6, 6.07) is 14.2. The number of carbonyl (C=O) groups excluding carboxylic acids is 1. The number of hydrogen-bond donors (Lipinski definition) is 1. The first-order valence-corrected chi connectivity index (χ1v) is 11.6. The topological polar surface area (TPSA) is 88.5 Å². The molecular weight excluding hydrogens is 402 g/mol. The average molecular weight is 423 g/mol. The van der Waals surface area contributed by atoms with Crippen LogP contribution in [-0.4, -0.2) is 31.2 Å². The van der Waals surface area contributed by atoms with Crippen LogP contribution in [0.1, 0.15) is 28.8 Å². The average Bonchev–Trinajstić information content (AvgIpc) is 3.10. The number of para-hydroxylation sites is 1. The molecule has 0 aliphatic carbocycles. The van der Waals surface area contributed by atoms with E-state index in [-0.39, 0.29) is 16.9 Å². The van der Waals surface area contributed by atoms with E-state index >= 15 is 0 Å². The monoisotopic (exact) mass is 423 g/mol. The molecule has 0 bridgehead atoms. The van der Waals surface area contributed by atoms with Crippen LogP contribution in [0.15, 0.2) is 53.3 Å². The van der Waals surface area contributed by atoms with Gasteiger partial charge in [-0.3, -0.25) is 13.9 Å². The van der Waals surface area contributed by atoms with Crippen molar-refractivity contribution in [2.75, 3.05) is 21.9 Å². The predicted octanol–water partition coefficient (Wildman–Crippen LogP) is 2.74. The Morgan fingerprint density at radius 3 is 2.53 bits per heavy atom. The summed E-state index contributed by atoms with van der Waals surface area (Å²) in [5.74, 6) is -0.315. The zero-order valence-corrected chi connectivity index (χ0v) is 17.1. The maximum atomic E-state index is 13.0. The van der Waals surface area contributed by atoms with E-state index in [9.17, 15) is 18.0 Å². The Hall–Kier alpha value is -3.13. The third-order valence-corrected chi connectivity index (χ3v) is 7.65. The summed E-state index contributed by atoms with van der Waals surface area (Å²) in [5.41, 5.74) is 2.96. The maximum Gasteiger partial charge on any atom is 0.263 e. The molecule has 0 atom stereocenters. The smallest absolute Gasteiger partial charge is 0.263 e. The van der Waals surface area contributed by atoms with Gasteiger partial charge >= 0.3 is 0 Å². The standard InChI is InChI=1S/C22H21N3O4S/c26-21(23-17-7-9-18(10-8-17)25-12-3-13-30(25,28)29)19-14-16-5-1-4-15-6-2-11-24(20(15)16)22(19)27/h1,4-5,7-10,14H,2-3,6,11-13H2,(H,23,26). The lowest BCUT2D eigenvalue weighted by molar-refractivity contribution is 0.102. The summed E-state index contributed by atoms with van der Waals surface area (Å²) < 4.78 is 27.2. The van der Waals surface area contributed by atoms with Gasteiger partial charge in [0.2, 0.25) is 10.0 Å². The normalized spacial score (nSPS) is 17.3. The third-order valence-electron chi connectivity index (χ3n) is 5.78. The molecule has 0 saturated carbocycles. The molecule has 2 aliphatic rings. The summed E-state index contributed by atoms with van der Waals surface area (Å²) in [6.45, 7) is 1.07. The predicted molar refractivity (Wildman–Crippen MR) is 117 cm³/mol. The van der Waals surface area contributed by atoms with Gasteiger partial charge in [0.05, 0.1) is 17.0 Å². The Bertz CT molecular complexity index is 1330. The quantitative estimate of drug-likeness (QED) is 0.702. The van der Waals surface area contributed by atoms with Crippen molar-refractivity contribution < 1.29 is 13.2 Å². The second-order valence-electron chi connectivity index (χ2n) is 7.72. The number of benzene rings is 2. The second-order valence-corrected chi connectivity index (χ2v) is 9.73. The van der Waals surface area contributed by atoms with Gasteiger partial charge in [-0.15, -0.1) is 0 Å². The van der Waals surface area contributed by atoms with E-state index in [1.165, 1.54) is 4.31 Å². The van der Waals surface area contributed by atoms with Crippen LogP contribution in [0.25, 0.3) is 10.9 Å². The molecule has 30 heavy (non-hydrogen) atoms. The highest BCUT2D eigenvalue weighted by molar-refractivity contribution is 7.93. The minimum Gasteiger partial charge on any atom is -0.322 e. The van der Waals surface area contributed by atoms with Crippen LogP contribution in [0.2, 0.25) is 0 Å². The van der Waals surface area contributed by atoms with Gasteiger partial charge in [-0.25, -0.2) is 8.42 Å². The molecular formula is C22H21N3O4S. The Morgan fingerprint density at radius 1 is 1.00 bits per heavy atom. The van der Waals surface area contributed by atoms with Crippen LogP contribution < -0.4 is 15.2 Å². The summed E-state index contributed by atoms with van der Waals surface area (Å²) in [6.07, 6.45) is 2.41. The van der Waals surface area contributed by atoms with Crippen molar-refractivity contribution in [3.63, 3.8) is 0 Å². The van der Waals surface area contributed by atoms with E-state index in [0.29, 0.717) is 30.9 Å². The maximum absolute atomic E-state index is 13.0. The molecule has 154 valence electrons. The van der Waals surface area contributed by atoms with Crippen molar-refractivity contribution in [2.45, 2.75) is 25.8 Å². The molecule has 0 spiro atoms.